The number of hydrogen-bond acceptors (Lipinski definition) is 4. The van der Waals surface area contributed by atoms with Gasteiger partial charge in [-0.25, -0.2) is 4.98 Å². The Balaban J connectivity index is 1.94. The van der Waals surface area contributed by atoms with Crippen molar-refractivity contribution < 1.29 is 5.11 Å². The van der Waals surface area contributed by atoms with Gasteiger partial charge in [-0.15, -0.1) is 0 Å². The van der Waals surface area contributed by atoms with Crippen LogP contribution in [0.5, 0.6) is 0 Å². The van der Waals surface area contributed by atoms with Crippen molar-refractivity contribution in [1.29, 1.82) is 0 Å². The van der Waals surface area contributed by atoms with Gasteiger partial charge in [-0.1, -0.05) is 6.07 Å². The van der Waals surface area contributed by atoms with E-state index in [2.05, 4.69) is 21.3 Å². The highest BCUT2D eigenvalue weighted by molar-refractivity contribution is 5.34. The molecule has 4 nitrogen and oxygen atoms in total. The smallest absolute Gasteiger partial charge is 0.126 e. The van der Waals surface area contributed by atoms with E-state index in [1.807, 2.05) is 19.2 Å². The molecule has 2 heterocycles. The van der Waals surface area contributed by atoms with Gasteiger partial charge in [0.15, 0.2) is 0 Å². The van der Waals surface area contributed by atoms with Gasteiger partial charge in [-0.3, -0.25) is 4.90 Å². The molecular weight excluding hydrogens is 226 g/mol. The predicted molar refractivity (Wildman–Crippen MR) is 73.5 cm³/mol. The minimum absolute atomic E-state index is 0.303. The first kappa shape index (κ1) is 13.3. The summed E-state index contributed by atoms with van der Waals surface area (Å²) in [5.74, 6) is 0.929. The molecule has 0 saturated carbocycles. The molecule has 1 aliphatic rings. The Morgan fingerprint density at radius 1 is 1.50 bits per heavy atom. The van der Waals surface area contributed by atoms with Gasteiger partial charge in [0.1, 0.15) is 5.82 Å². The third-order valence-electron chi connectivity index (χ3n) is 3.62. The van der Waals surface area contributed by atoms with Crippen LogP contribution in [0.15, 0.2) is 18.2 Å². The number of nitrogens with one attached hydrogen (secondary N) is 1. The highest BCUT2D eigenvalue weighted by atomic mass is 16.2. The summed E-state index contributed by atoms with van der Waals surface area (Å²) < 4.78 is 0. The van der Waals surface area contributed by atoms with Crippen LogP contribution < -0.4 is 5.32 Å². The number of likely N-dealkylation sites (tertiary alicyclic amines) is 1. The fourth-order valence-electron chi connectivity index (χ4n) is 2.67. The number of hydrogen-bond donors (Lipinski definition) is 2. The maximum atomic E-state index is 8.93. The molecule has 1 aliphatic heterocycles. The molecule has 0 spiro atoms. The summed E-state index contributed by atoms with van der Waals surface area (Å²) in [7, 11) is 1.89. The van der Waals surface area contributed by atoms with E-state index in [9.17, 15) is 0 Å². The molecule has 0 bridgehead atoms. The largest absolute Gasteiger partial charge is 0.396 e. The van der Waals surface area contributed by atoms with Crippen molar-refractivity contribution in [1.82, 2.24) is 9.88 Å². The van der Waals surface area contributed by atoms with E-state index >= 15 is 0 Å². The molecule has 1 unspecified atom stereocenters. The Morgan fingerprint density at radius 2 is 2.39 bits per heavy atom. The van der Waals surface area contributed by atoms with E-state index in [4.69, 9.17) is 5.11 Å². The molecule has 1 aromatic heterocycles. The molecule has 4 heteroatoms. The summed E-state index contributed by atoms with van der Waals surface area (Å²) in [5.41, 5.74) is 1.12. The summed E-state index contributed by atoms with van der Waals surface area (Å²) in [6.07, 6.45) is 4.53. The van der Waals surface area contributed by atoms with E-state index in [1.54, 1.807) is 0 Å². The van der Waals surface area contributed by atoms with Crippen LogP contribution in [0.1, 0.15) is 31.4 Å². The maximum absolute atomic E-state index is 8.93. The summed E-state index contributed by atoms with van der Waals surface area (Å²) in [6.45, 7) is 2.38. The molecule has 0 radical (unpaired) electrons. The normalized spacial score (nSPS) is 20.2. The van der Waals surface area contributed by atoms with Crippen LogP contribution in [0.25, 0.3) is 0 Å². The third kappa shape index (κ3) is 3.43. The van der Waals surface area contributed by atoms with Crippen LogP contribution in [-0.2, 0) is 6.54 Å². The number of aromatic nitrogens is 1. The maximum Gasteiger partial charge on any atom is 0.126 e. The van der Waals surface area contributed by atoms with Crippen LogP contribution >= 0.6 is 0 Å². The third-order valence-corrected chi connectivity index (χ3v) is 3.62. The summed E-state index contributed by atoms with van der Waals surface area (Å²) in [6, 6.07) is 6.74. The summed E-state index contributed by atoms with van der Waals surface area (Å²) >= 11 is 0. The van der Waals surface area contributed by atoms with Crippen LogP contribution in [0.3, 0.4) is 0 Å². The Kier molecular flexibility index (Phi) is 4.96. The molecule has 1 saturated heterocycles. The number of nitrogens with zero attached hydrogens (tertiary/aromatic N) is 2. The second kappa shape index (κ2) is 6.71. The lowest BCUT2D eigenvalue weighted by Gasteiger charge is -2.24. The van der Waals surface area contributed by atoms with Gasteiger partial charge in [0.2, 0.25) is 0 Å². The molecule has 1 atom stereocenters. The Morgan fingerprint density at radius 3 is 3.17 bits per heavy atom. The zero-order valence-electron chi connectivity index (χ0n) is 11.1. The second-order valence-electron chi connectivity index (χ2n) is 4.90. The van der Waals surface area contributed by atoms with Crippen molar-refractivity contribution in [3.63, 3.8) is 0 Å². The fraction of sp³-hybridized carbons (Fsp3) is 0.643. The molecular formula is C14H23N3O. The fourth-order valence-corrected chi connectivity index (χ4v) is 2.67. The van der Waals surface area contributed by atoms with Gasteiger partial charge in [0.25, 0.3) is 0 Å². The molecule has 0 aliphatic carbocycles. The van der Waals surface area contributed by atoms with Gasteiger partial charge < -0.3 is 10.4 Å². The van der Waals surface area contributed by atoms with E-state index in [-0.39, 0.29) is 0 Å². The van der Waals surface area contributed by atoms with Crippen LogP contribution in [0.2, 0.25) is 0 Å². The predicted octanol–water partition coefficient (Wildman–Crippen LogP) is 1.86. The number of aliphatic hydroxyl groups is 1. The monoisotopic (exact) mass is 249 g/mol. The van der Waals surface area contributed by atoms with Gasteiger partial charge >= 0.3 is 0 Å². The first-order valence-electron chi connectivity index (χ1n) is 6.82. The lowest BCUT2D eigenvalue weighted by molar-refractivity contribution is 0.208. The molecule has 1 fully saturated rings. The highest BCUT2D eigenvalue weighted by Gasteiger charge is 2.24. The molecule has 2 rings (SSSR count). The van der Waals surface area contributed by atoms with E-state index in [0.717, 1.165) is 37.4 Å². The molecule has 1 aromatic rings. The van der Waals surface area contributed by atoms with Gasteiger partial charge in [-0.2, -0.15) is 0 Å². The van der Waals surface area contributed by atoms with Gasteiger partial charge in [0, 0.05) is 26.2 Å². The topological polar surface area (TPSA) is 48.4 Å². The van der Waals surface area contributed by atoms with Crippen molar-refractivity contribution >= 4 is 5.82 Å². The number of anilines is 1. The Hall–Kier alpha value is -1.13. The summed E-state index contributed by atoms with van der Waals surface area (Å²) in [5, 5.41) is 12.0. The quantitative estimate of drug-likeness (QED) is 0.808. The minimum atomic E-state index is 0.303. The first-order valence-corrected chi connectivity index (χ1v) is 6.82. The van der Waals surface area contributed by atoms with Crippen molar-refractivity contribution in [3.8, 4) is 0 Å². The Bertz CT molecular complexity index is 370. The molecule has 0 amide bonds. The average Bonchev–Trinajstić information content (AvgIpc) is 2.84. The minimum Gasteiger partial charge on any atom is -0.396 e. The summed E-state index contributed by atoms with van der Waals surface area (Å²) in [4.78, 5) is 7.06. The van der Waals surface area contributed by atoms with Crippen molar-refractivity contribution in [2.24, 2.45) is 0 Å². The van der Waals surface area contributed by atoms with E-state index < -0.39 is 0 Å². The SMILES string of the molecule is CNc1cccc(CN2CCCC2CCCO)n1. The average molecular weight is 249 g/mol. The highest BCUT2D eigenvalue weighted by Crippen LogP contribution is 2.23. The first-order chi connectivity index (χ1) is 8.83. The second-order valence-corrected chi connectivity index (χ2v) is 4.90. The van der Waals surface area contributed by atoms with Crippen molar-refractivity contribution in [2.75, 3.05) is 25.5 Å². The zero-order valence-corrected chi connectivity index (χ0v) is 11.1. The van der Waals surface area contributed by atoms with Gasteiger partial charge in [-0.05, 0) is 44.4 Å². The Labute approximate surface area is 109 Å². The van der Waals surface area contributed by atoms with Crippen molar-refractivity contribution in [3.05, 3.63) is 23.9 Å². The molecule has 0 aromatic carbocycles. The van der Waals surface area contributed by atoms with Crippen LogP contribution in [0, 0.1) is 0 Å². The zero-order chi connectivity index (χ0) is 12.8. The van der Waals surface area contributed by atoms with Crippen molar-refractivity contribution in [2.45, 2.75) is 38.3 Å². The number of aliphatic hydroxyl groups excluding tert-OH is 1. The molecule has 100 valence electrons. The van der Waals surface area contributed by atoms with Crippen LogP contribution in [-0.4, -0.2) is 41.2 Å². The van der Waals surface area contributed by atoms with Crippen LogP contribution in [0.4, 0.5) is 5.82 Å². The van der Waals surface area contributed by atoms with E-state index in [1.165, 1.54) is 12.8 Å². The lowest BCUT2D eigenvalue weighted by atomic mass is 10.1. The van der Waals surface area contributed by atoms with Gasteiger partial charge in [0.05, 0.1) is 5.69 Å². The van der Waals surface area contributed by atoms with E-state index in [0.29, 0.717) is 12.6 Å². The number of pyridine rings is 1. The lowest BCUT2D eigenvalue weighted by Crippen LogP contribution is -2.29. The standard InChI is InChI=1S/C14H23N3O/c1-15-14-8-2-5-12(16-14)11-17-9-3-6-13(17)7-4-10-18/h2,5,8,13,18H,3-4,6-7,9-11H2,1H3,(H,15,16). The number of rotatable bonds is 6. The molecule has 18 heavy (non-hydrogen) atoms. The molecule has 2 N–H and O–H groups in total.